The summed E-state index contributed by atoms with van der Waals surface area (Å²) >= 11 is 0. The topological polar surface area (TPSA) is 24.5 Å². The molecule has 1 aromatic rings. The van der Waals surface area contributed by atoms with Gasteiger partial charge in [0, 0.05) is 18.7 Å². The van der Waals surface area contributed by atoms with Crippen LogP contribution < -0.4 is 10.1 Å². The Bertz CT molecular complexity index is 427. The summed E-state index contributed by atoms with van der Waals surface area (Å²) in [5.74, 6) is 1.02. The SMILES string of the molecule is COc1ccccc1CN1CCC2(CCNCC2)C1. The molecule has 1 N–H and O–H groups in total. The maximum absolute atomic E-state index is 5.46. The highest BCUT2D eigenvalue weighted by Crippen LogP contribution is 2.39. The molecule has 0 radical (unpaired) electrons. The second-order valence-corrected chi connectivity index (χ2v) is 6.02. The van der Waals surface area contributed by atoms with Crippen LogP contribution in [0.4, 0.5) is 0 Å². The van der Waals surface area contributed by atoms with Crippen molar-refractivity contribution in [1.82, 2.24) is 10.2 Å². The van der Waals surface area contributed by atoms with Gasteiger partial charge in [0.05, 0.1) is 7.11 Å². The fourth-order valence-corrected chi connectivity index (χ4v) is 3.60. The van der Waals surface area contributed by atoms with E-state index in [1.165, 1.54) is 51.0 Å². The van der Waals surface area contributed by atoms with Gasteiger partial charge in [0.25, 0.3) is 0 Å². The third-order valence-electron chi connectivity index (χ3n) is 4.77. The summed E-state index contributed by atoms with van der Waals surface area (Å²) in [6, 6.07) is 8.40. The van der Waals surface area contributed by atoms with Gasteiger partial charge in [0.2, 0.25) is 0 Å². The molecule has 3 rings (SSSR count). The lowest BCUT2D eigenvalue weighted by Gasteiger charge is -2.34. The average Bonchev–Trinajstić information content (AvgIpc) is 2.83. The number of likely N-dealkylation sites (tertiary alicyclic amines) is 1. The van der Waals surface area contributed by atoms with E-state index in [2.05, 4.69) is 28.4 Å². The van der Waals surface area contributed by atoms with E-state index in [1.807, 2.05) is 6.07 Å². The Morgan fingerprint density at radius 2 is 2.00 bits per heavy atom. The first-order valence-electron chi connectivity index (χ1n) is 7.36. The zero-order chi connectivity index (χ0) is 13.1. The van der Waals surface area contributed by atoms with Gasteiger partial charge >= 0.3 is 0 Å². The average molecular weight is 260 g/mol. The quantitative estimate of drug-likeness (QED) is 0.902. The van der Waals surface area contributed by atoms with Crippen LogP contribution in [0.1, 0.15) is 24.8 Å². The van der Waals surface area contributed by atoms with Crippen molar-refractivity contribution in [2.75, 3.05) is 33.3 Å². The second kappa shape index (κ2) is 5.51. The lowest BCUT2D eigenvalue weighted by molar-refractivity contribution is 0.193. The molecule has 0 unspecified atom stereocenters. The first-order valence-corrected chi connectivity index (χ1v) is 7.36. The summed E-state index contributed by atoms with van der Waals surface area (Å²) in [6.45, 7) is 5.91. The lowest BCUT2D eigenvalue weighted by atomic mass is 9.78. The van der Waals surface area contributed by atoms with E-state index in [-0.39, 0.29) is 0 Å². The standard InChI is InChI=1S/C16H24N2O/c1-19-15-5-3-2-4-14(15)12-18-11-8-16(13-18)6-9-17-10-7-16/h2-5,17H,6-13H2,1H3. The molecule has 2 aliphatic rings. The van der Waals surface area contributed by atoms with Crippen molar-refractivity contribution in [3.63, 3.8) is 0 Å². The van der Waals surface area contributed by atoms with Gasteiger partial charge in [-0.2, -0.15) is 0 Å². The van der Waals surface area contributed by atoms with E-state index in [1.54, 1.807) is 7.11 Å². The van der Waals surface area contributed by atoms with E-state index in [0.717, 1.165) is 12.3 Å². The maximum atomic E-state index is 5.46. The van der Waals surface area contributed by atoms with Crippen LogP contribution in [0, 0.1) is 5.41 Å². The Kier molecular flexibility index (Phi) is 3.76. The molecule has 1 spiro atoms. The van der Waals surface area contributed by atoms with Gasteiger partial charge in [-0.1, -0.05) is 18.2 Å². The van der Waals surface area contributed by atoms with Crippen LogP contribution in [0.15, 0.2) is 24.3 Å². The molecule has 2 fully saturated rings. The van der Waals surface area contributed by atoms with Gasteiger partial charge in [-0.05, 0) is 50.4 Å². The molecular formula is C16H24N2O. The number of benzene rings is 1. The first kappa shape index (κ1) is 12.9. The van der Waals surface area contributed by atoms with E-state index >= 15 is 0 Å². The van der Waals surface area contributed by atoms with Crippen LogP contribution >= 0.6 is 0 Å². The molecule has 0 aromatic heterocycles. The Labute approximate surface area is 115 Å². The number of para-hydroxylation sites is 1. The molecule has 3 nitrogen and oxygen atoms in total. The zero-order valence-corrected chi connectivity index (χ0v) is 11.8. The summed E-state index contributed by atoms with van der Waals surface area (Å²) in [6.07, 6.45) is 4.05. The van der Waals surface area contributed by atoms with Crippen LogP contribution in [-0.4, -0.2) is 38.2 Å². The van der Waals surface area contributed by atoms with Crippen LogP contribution in [0.25, 0.3) is 0 Å². The molecule has 2 heterocycles. The third-order valence-corrected chi connectivity index (χ3v) is 4.77. The van der Waals surface area contributed by atoms with Crippen molar-refractivity contribution in [3.8, 4) is 5.75 Å². The predicted octanol–water partition coefficient (Wildman–Crippen LogP) is 2.27. The molecule has 2 saturated heterocycles. The molecule has 2 aliphatic heterocycles. The van der Waals surface area contributed by atoms with Crippen molar-refractivity contribution in [1.29, 1.82) is 0 Å². The first-order chi connectivity index (χ1) is 9.31. The Morgan fingerprint density at radius 3 is 2.79 bits per heavy atom. The van der Waals surface area contributed by atoms with Gasteiger partial charge in [-0.3, -0.25) is 4.90 Å². The smallest absolute Gasteiger partial charge is 0.123 e. The molecule has 0 amide bonds. The molecule has 0 saturated carbocycles. The minimum Gasteiger partial charge on any atom is -0.496 e. The van der Waals surface area contributed by atoms with Crippen molar-refractivity contribution < 1.29 is 4.74 Å². The molecule has 0 atom stereocenters. The summed E-state index contributed by atoms with van der Waals surface area (Å²) in [7, 11) is 1.76. The summed E-state index contributed by atoms with van der Waals surface area (Å²) in [5, 5.41) is 3.48. The number of nitrogens with zero attached hydrogens (tertiary/aromatic N) is 1. The van der Waals surface area contributed by atoms with E-state index in [4.69, 9.17) is 4.74 Å². The monoisotopic (exact) mass is 260 g/mol. The summed E-state index contributed by atoms with van der Waals surface area (Å²) < 4.78 is 5.46. The number of hydrogen-bond acceptors (Lipinski definition) is 3. The van der Waals surface area contributed by atoms with Gasteiger partial charge in [-0.15, -0.1) is 0 Å². The number of methoxy groups -OCH3 is 1. The molecule has 3 heteroatoms. The lowest BCUT2D eigenvalue weighted by Crippen LogP contribution is -2.38. The Balaban J connectivity index is 1.65. The van der Waals surface area contributed by atoms with Crippen LogP contribution in [0.5, 0.6) is 5.75 Å². The number of rotatable bonds is 3. The number of hydrogen-bond donors (Lipinski definition) is 1. The Hall–Kier alpha value is -1.06. The molecule has 19 heavy (non-hydrogen) atoms. The van der Waals surface area contributed by atoms with Crippen molar-refractivity contribution >= 4 is 0 Å². The highest BCUT2D eigenvalue weighted by molar-refractivity contribution is 5.33. The van der Waals surface area contributed by atoms with Crippen molar-refractivity contribution in [3.05, 3.63) is 29.8 Å². The highest BCUT2D eigenvalue weighted by atomic mass is 16.5. The van der Waals surface area contributed by atoms with Crippen molar-refractivity contribution in [2.45, 2.75) is 25.8 Å². The predicted molar refractivity (Wildman–Crippen MR) is 77.4 cm³/mol. The largest absolute Gasteiger partial charge is 0.496 e. The number of nitrogens with one attached hydrogen (secondary N) is 1. The van der Waals surface area contributed by atoms with Gasteiger partial charge in [-0.25, -0.2) is 0 Å². The van der Waals surface area contributed by atoms with E-state index in [9.17, 15) is 0 Å². The minimum atomic E-state index is 0.591. The van der Waals surface area contributed by atoms with Crippen LogP contribution in [-0.2, 0) is 6.54 Å². The summed E-state index contributed by atoms with van der Waals surface area (Å²) in [5.41, 5.74) is 1.91. The highest BCUT2D eigenvalue weighted by Gasteiger charge is 2.38. The van der Waals surface area contributed by atoms with Crippen molar-refractivity contribution in [2.24, 2.45) is 5.41 Å². The second-order valence-electron chi connectivity index (χ2n) is 6.02. The fourth-order valence-electron chi connectivity index (χ4n) is 3.60. The molecular weight excluding hydrogens is 236 g/mol. The number of ether oxygens (including phenoxy) is 1. The van der Waals surface area contributed by atoms with Gasteiger partial charge in [0.1, 0.15) is 5.75 Å². The molecule has 0 aliphatic carbocycles. The van der Waals surface area contributed by atoms with Crippen LogP contribution in [0.2, 0.25) is 0 Å². The maximum Gasteiger partial charge on any atom is 0.123 e. The molecule has 0 bridgehead atoms. The van der Waals surface area contributed by atoms with E-state index < -0.39 is 0 Å². The number of piperidine rings is 1. The normalized spacial score (nSPS) is 22.8. The summed E-state index contributed by atoms with van der Waals surface area (Å²) in [4.78, 5) is 2.60. The van der Waals surface area contributed by atoms with Gasteiger partial charge in [0.15, 0.2) is 0 Å². The minimum absolute atomic E-state index is 0.591. The zero-order valence-electron chi connectivity index (χ0n) is 11.8. The van der Waals surface area contributed by atoms with E-state index in [0.29, 0.717) is 5.41 Å². The van der Waals surface area contributed by atoms with Gasteiger partial charge < -0.3 is 10.1 Å². The van der Waals surface area contributed by atoms with Crippen LogP contribution in [0.3, 0.4) is 0 Å². The molecule has 104 valence electrons. The molecule has 1 aromatic carbocycles. The fraction of sp³-hybridized carbons (Fsp3) is 0.625. The Morgan fingerprint density at radius 1 is 1.21 bits per heavy atom. The third kappa shape index (κ3) is 2.77.